The van der Waals surface area contributed by atoms with Crippen LogP contribution in [0.2, 0.25) is 0 Å². The van der Waals surface area contributed by atoms with E-state index in [1.54, 1.807) is 48.5 Å². The Labute approximate surface area is 205 Å². The Morgan fingerprint density at radius 2 is 0.857 bits per heavy atom. The molecule has 0 fully saturated rings. The van der Waals surface area contributed by atoms with Gasteiger partial charge in [0, 0.05) is 39.3 Å². The smallest absolute Gasteiger partial charge is 0.255 e. The molecule has 0 aliphatic carbocycles. The topological polar surface area (TPSA) is 110 Å². The minimum absolute atomic E-state index is 0.185. The summed E-state index contributed by atoms with van der Waals surface area (Å²) in [5, 5.41) is 5.75. The standard InChI is InChI=1S/C29H28N4O2/c1-29(2,21-7-3-19(4-8-21)27(34)32-25-15-11-23(30)12-16-25)22-9-5-20(6-10-22)28(35)33-26-17-13-24(31)14-18-26/h3-18H,30-31H2,1-2H3,(H,32,34)(H,33,35). The highest BCUT2D eigenvalue weighted by Crippen LogP contribution is 2.32. The zero-order valence-corrected chi connectivity index (χ0v) is 19.7. The van der Waals surface area contributed by atoms with Gasteiger partial charge in [-0.25, -0.2) is 0 Å². The van der Waals surface area contributed by atoms with Gasteiger partial charge in [0.15, 0.2) is 0 Å². The zero-order chi connectivity index (χ0) is 25.0. The zero-order valence-electron chi connectivity index (χ0n) is 19.7. The molecule has 6 nitrogen and oxygen atoms in total. The molecule has 0 heterocycles. The normalized spacial score (nSPS) is 11.0. The van der Waals surface area contributed by atoms with E-state index in [0.717, 1.165) is 11.1 Å². The second kappa shape index (κ2) is 9.73. The fourth-order valence-corrected chi connectivity index (χ4v) is 3.78. The Bertz CT molecular complexity index is 1220. The van der Waals surface area contributed by atoms with Crippen LogP contribution < -0.4 is 22.1 Å². The Kier molecular flexibility index (Phi) is 6.55. The number of amides is 2. The fraction of sp³-hybridized carbons (Fsp3) is 0.103. The average Bonchev–Trinajstić information content (AvgIpc) is 2.87. The molecule has 0 radical (unpaired) electrons. The molecule has 0 spiro atoms. The van der Waals surface area contributed by atoms with Crippen LogP contribution in [0.25, 0.3) is 0 Å². The summed E-state index contributed by atoms with van der Waals surface area (Å²) in [5.41, 5.74) is 17.0. The first-order valence-electron chi connectivity index (χ1n) is 11.3. The Hall–Kier alpha value is -4.58. The maximum atomic E-state index is 12.6. The van der Waals surface area contributed by atoms with Gasteiger partial charge in [-0.15, -0.1) is 0 Å². The highest BCUT2D eigenvalue weighted by atomic mass is 16.2. The van der Waals surface area contributed by atoms with Gasteiger partial charge in [-0.2, -0.15) is 0 Å². The number of nitrogen functional groups attached to an aromatic ring is 2. The van der Waals surface area contributed by atoms with Crippen LogP contribution in [-0.2, 0) is 5.41 Å². The first-order valence-corrected chi connectivity index (χ1v) is 11.3. The number of hydrogen-bond acceptors (Lipinski definition) is 4. The molecule has 4 aromatic rings. The van der Waals surface area contributed by atoms with E-state index in [2.05, 4.69) is 24.5 Å². The highest BCUT2D eigenvalue weighted by Gasteiger charge is 2.24. The van der Waals surface area contributed by atoms with E-state index in [9.17, 15) is 9.59 Å². The molecule has 0 atom stereocenters. The number of benzene rings is 4. The first kappa shape index (κ1) is 23.6. The van der Waals surface area contributed by atoms with Gasteiger partial charge in [0.1, 0.15) is 0 Å². The van der Waals surface area contributed by atoms with Crippen molar-refractivity contribution in [1.29, 1.82) is 0 Å². The van der Waals surface area contributed by atoms with E-state index in [-0.39, 0.29) is 17.2 Å². The maximum Gasteiger partial charge on any atom is 0.255 e. The highest BCUT2D eigenvalue weighted by molar-refractivity contribution is 6.05. The molecule has 176 valence electrons. The van der Waals surface area contributed by atoms with Crippen LogP contribution in [0.4, 0.5) is 22.7 Å². The van der Waals surface area contributed by atoms with E-state index < -0.39 is 0 Å². The lowest BCUT2D eigenvalue weighted by atomic mass is 9.77. The minimum Gasteiger partial charge on any atom is -0.399 e. The second-order valence-electron chi connectivity index (χ2n) is 8.93. The molecule has 4 aromatic carbocycles. The maximum absolute atomic E-state index is 12.6. The first-order chi connectivity index (χ1) is 16.7. The summed E-state index contributed by atoms with van der Waals surface area (Å²) in [6.07, 6.45) is 0. The van der Waals surface area contributed by atoms with Crippen molar-refractivity contribution in [2.24, 2.45) is 0 Å². The summed E-state index contributed by atoms with van der Waals surface area (Å²) in [6, 6.07) is 29.2. The van der Waals surface area contributed by atoms with Gasteiger partial charge in [-0.1, -0.05) is 38.1 Å². The largest absolute Gasteiger partial charge is 0.399 e. The van der Waals surface area contributed by atoms with Gasteiger partial charge in [-0.3, -0.25) is 9.59 Å². The van der Waals surface area contributed by atoms with E-state index in [1.165, 1.54) is 0 Å². The van der Waals surface area contributed by atoms with Crippen molar-refractivity contribution >= 4 is 34.6 Å². The monoisotopic (exact) mass is 464 g/mol. The number of carbonyl (C=O) groups is 2. The predicted octanol–water partition coefficient (Wildman–Crippen LogP) is 5.68. The van der Waals surface area contributed by atoms with Crippen molar-refractivity contribution < 1.29 is 9.59 Å². The molecule has 0 saturated heterocycles. The lowest BCUT2D eigenvalue weighted by molar-refractivity contribution is 0.101. The third kappa shape index (κ3) is 5.50. The number of nitrogens with one attached hydrogen (secondary N) is 2. The second-order valence-corrected chi connectivity index (χ2v) is 8.93. The molecule has 0 aliphatic heterocycles. The van der Waals surface area contributed by atoms with Gasteiger partial charge in [-0.05, 0) is 83.9 Å². The third-order valence-electron chi connectivity index (χ3n) is 6.07. The summed E-state index contributed by atoms with van der Waals surface area (Å²) in [6.45, 7) is 4.22. The summed E-state index contributed by atoms with van der Waals surface area (Å²) < 4.78 is 0. The summed E-state index contributed by atoms with van der Waals surface area (Å²) in [4.78, 5) is 25.2. The van der Waals surface area contributed by atoms with Crippen molar-refractivity contribution in [3.05, 3.63) is 119 Å². The van der Waals surface area contributed by atoms with Crippen LogP contribution in [-0.4, -0.2) is 11.8 Å². The molecule has 35 heavy (non-hydrogen) atoms. The summed E-state index contributed by atoms with van der Waals surface area (Å²) >= 11 is 0. The average molecular weight is 465 g/mol. The molecular formula is C29H28N4O2. The van der Waals surface area contributed by atoms with Gasteiger partial charge < -0.3 is 22.1 Å². The van der Waals surface area contributed by atoms with E-state index in [1.807, 2.05) is 48.5 Å². The molecule has 0 saturated carbocycles. The van der Waals surface area contributed by atoms with Crippen molar-refractivity contribution in [3.63, 3.8) is 0 Å². The SMILES string of the molecule is CC(C)(c1ccc(C(=O)Nc2ccc(N)cc2)cc1)c1ccc(C(=O)Nc2ccc(N)cc2)cc1. The van der Waals surface area contributed by atoms with E-state index in [4.69, 9.17) is 11.5 Å². The quantitative estimate of drug-likeness (QED) is 0.275. The molecule has 0 aromatic heterocycles. The number of rotatable bonds is 6. The third-order valence-corrected chi connectivity index (χ3v) is 6.07. The minimum atomic E-state index is -0.322. The van der Waals surface area contributed by atoms with Gasteiger partial charge in [0.25, 0.3) is 11.8 Å². The van der Waals surface area contributed by atoms with Gasteiger partial charge in [0.05, 0.1) is 0 Å². The van der Waals surface area contributed by atoms with Crippen molar-refractivity contribution in [2.45, 2.75) is 19.3 Å². The van der Waals surface area contributed by atoms with Crippen molar-refractivity contribution in [2.75, 3.05) is 22.1 Å². The number of nitrogens with two attached hydrogens (primary N) is 2. The van der Waals surface area contributed by atoms with Crippen LogP contribution in [0.15, 0.2) is 97.1 Å². The van der Waals surface area contributed by atoms with E-state index >= 15 is 0 Å². The molecule has 0 aliphatic rings. The lowest BCUT2D eigenvalue weighted by Gasteiger charge is -2.26. The molecule has 6 heteroatoms. The number of anilines is 4. The lowest BCUT2D eigenvalue weighted by Crippen LogP contribution is -2.20. The van der Waals surface area contributed by atoms with Crippen LogP contribution >= 0.6 is 0 Å². The van der Waals surface area contributed by atoms with Crippen LogP contribution in [0.5, 0.6) is 0 Å². The molecule has 2 amide bonds. The Morgan fingerprint density at radius 1 is 0.543 bits per heavy atom. The van der Waals surface area contributed by atoms with Gasteiger partial charge in [0.2, 0.25) is 0 Å². The molecule has 4 rings (SSSR count). The fourth-order valence-electron chi connectivity index (χ4n) is 3.78. The Balaban J connectivity index is 1.44. The van der Waals surface area contributed by atoms with Gasteiger partial charge >= 0.3 is 0 Å². The Morgan fingerprint density at radius 3 is 1.17 bits per heavy atom. The number of hydrogen-bond donors (Lipinski definition) is 4. The van der Waals surface area contributed by atoms with Crippen LogP contribution in [0.3, 0.4) is 0 Å². The molecule has 0 unspecified atom stereocenters. The van der Waals surface area contributed by atoms with Crippen molar-refractivity contribution in [3.8, 4) is 0 Å². The molecule has 0 bridgehead atoms. The predicted molar refractivity (Wildman–Crippen MR) is 143 cm³/mol. The van der Waals surface area contributed by atoms with Crippen LogP contribution in [0.1, 0.15) is 45.7 Å². The van der Waals surface area contributed by atoms with Crippen molar-refractivity contribution in [1.82, 2.24) is 0 Å². The summed E-state index contributed by atoms with van der Waals surface area (Å²) in [7, 11) is 0. The molecule has 6 N–H and O–H groups in total. The molecular weight excluding hydrogens is 436 g/mol. The van der Waals surface area contributed by atoms with E-state index in [0.29, 0.717) is 33.9 Å². The number of carbonyl (C=O) groups excluding carboxylic acids is 2. The summed E-state index contributed by atoms with van der Waals surface area (Å²) in [5.74, 6) is -0.369. The van der Waals surface area contributed by atoms with Crippen LogP contribution in [0, 0.1) is 0 Å².